The smallest absolute Gasteiger partial charge is 0.328 e. The first-order valence-corrected chi connectivity index (χ1v) is 20.7. The van der Waals surface area contributed by atoms with Crippen molar-refractivity contribution in [2.75, 3.05) is 7.11 Å². The molecule has 0 bridgehead atoms. The van der Waals surface area contributed by atoms with Crippen LogP contribution in [-0.4, -0.2) is 65.2 Å². The fraction of sp³-hybridized carbons (Fsp3) is 0.317. The average molecular weight is 701 g/mol. The second-order valence-corrected chi connectivity index (χ2v) is 19.1. The van der Waals surface area contributed by atoms with Gasteiger partial charge >= 0.3 is 5.97 Å². The lowest BCUT2D eigenvalue weighted by Crippen LogP contribution is -2.51. The molecule has 6 rings (SSSR count). The van der Waals surface area contributed by atoms with E-state index in [9.17, 15) is 9.59 Å². The molecule has 1 amide bonds. The van der Waals surface area contributed by atoms with Crippen molar-refractivity contribution >= 4 is 30.9 Å². The third kappa shape index (κ3) is 7.84. The number of methoxy groups -OCH3 is 1. The van der Waals surface area contributed by atoms with Crippen LogP contribution in [0.25, 0.3) is 33.2 Å². The first-order chi connectivity index (χ1) is 24.3. The summed E-state index contributed by atoms with van der Waals surface area (Å²) < 4.78 is 16.8. The van der Waals surface area contributed by atoms with E-state index in [0.29, 0.717) is 11.8 Å². The second-order valence-electron chi connectivity index (χ2n) is 14.4. The number of benzene rings is 2. The predicted octanol–water partition coefficient (Wildman–Crippen LogP) is 7.76. The highest BCUT2D eigenvalue weighted by molar-refractivity contribution is 6.84. The Morgan fingerprint density at radius 2 is 1.39 bits per heavy atom. The van der Waals surface area contributed by atoms with Crippen molar-refractivity contribution in [2.24, 2.45) is 0 Å². The first kappa shape index (κ1) is 35.4. The first-order valence-electron chi connectivity index (χ1n) is 17.2. The van der Waals surface area contributed by atoms with Crippen LogP contribution in [0.5, 0.6) is 11.8 Å². The molecule has 262 valence electrons. The van der Waals surface area contributed by atoms with Gasteiger partial charge in [-0.3, -0.25) is 4.79 Å². The highest BCUT2D eigenvalue weighted by Gasteiger charge is 2.44. The Kier molecular flexibility index (Phi) is 10.0. The quantitative estimate of drug-likeness (QED) is 0.100. The molecular formula is C41H44N4O5Si. The molecule has 2 aromatic carbocycles. The standard InChI is InChI=1S/C41H44N4O5Si/c1-25(2)49-36-17-14-30(23-42-36)27-9-11-28(12-10-27)40-39-33(22-35(41(47)48-5)45(40)38(46)19-20-51(6,7)8)32-21-29(13-16-34(32)44-39)31-15-18-37(43-24-31)50-26(3)4/h9-18,21,23-26,35,40,44H,22H2,1-8H3. The van der Waals surface area contributed by atoms with Crippen molar-refractivity contribution in [2.45, 2.75) is 78.0 Å². The summed E-state index contributed by atoms with van der Waals surface area (Å²) in [6.45, 7) is 14.1. The van der Waals surface area contributed by atoms with Gasteiger partial charge in [0, 0.05) is 58.7 Å². The summed E-state index contributed by atoms with van der Waals surface area (Å²) in [6.07, 6.45) is 3.92. The zero-order valence-electron chi connectivity index (χ0n) is 30.4. The second kappa shape index (κ2) is 14.4. The number of ether oxygens (including phenoxy) is 3. The van der Waals surface area contributed by atoms with E-state index in [-0.39, 0.29) is 18.6 Å². The number of nitrogens with one attached hydrogen (secondary N) is 1. The molecule has 2 atom stereocenters. The number of carbonyl (C=O) groups excluding carboxylic acids is 2. The van der Waals surface area contributed by atoms with Crippen molar-refractivity contribution < 1.29 is 23.8 Å². The van der Waals surface area contributed by atoms with Gasteiger partial charge < -0.3 is 24.1 Å². The lowest BCUT2D eigenvalue weighted by atomic mass is 9.87. The Balaban J connectivity index is 1.46. The largest absolute Gasteiger partial charge is 0.475 e. The Morgan fingerprint density at radius 3 is 1.92 bits per heavy atom. The molecule has 9 nitrogen and oxygen atoms in total. The zero-order valence-corrected chi connectivity index (χ0v) is 31.4. The Bertz CT molecular complexity index is 2110. The average Bonchev–Trinajstić information content (AvgIpc) is 3.47. The molecule has 0 saturated carbocycles. The molecule has 1 aliphatic heterocycles. The monoisotopic (exact) mass is 700 g/mol. The lowest BCUT2D eigenvalue weighted by molar-refractivity contribution is -0.153. The van der Waals surface area contributed by atoms with Crippen LogP contribution in [-0.2, 0) is 20.7 Å². The van der Waals surface area contributed by atoms with Gasteiger partial charge in [0.15, 0.2) is 0 Å². The van der Waals surface area contributed by atoms with Crippen molar-refractivity contribution in [3.05, 3.63) is 95.9 Å². The number of rotatable bonds is 8. The number of nitrogens with zero attached hydrogens (tertiary/aromatic N) is 3. The molecule has 1 N–H and O–H groups in total. The van der Waals surface area contributed by atoms with Gasteiger partial charge in [-0.25, -0.2) is 14.8 Å². The summed E-state index contributed by atoms with van der Waals surface area (Å²) in [7, 11) is -0.552. The third-order valence-electron chi connectivity index (χ3n) is 8.55. The molecule has 0 fully saturated rings. The van der Waals surface area contributed by atoms with E-state index in [0.717, 1.165) is 50.0 Å². The van der Waals surface area contributed by atoms with Crippen LogP contribution in [0.4, 0.5) is 0 Å². The zero-order chi connectivity index (χ0) is 36.4. The number of amides is 1. The number of hydrogen-bond donors (Lipinski definition) is 1. The summed E-state index contributed by atoms with van der Waals surface area (Å²) >= 11 is 0. The van der Waals surface area contributed by atoms with Crippen LogP contribution in [0.1, 0.15) is 50.6 Å². The van der Waals surface area contributed by atoms with Gasteiger partial charge in [0.05, 0.1) is 25.4 Å². The molecule has 10 heteroatoms. The van der Waals surface area contributed by atoms with Crippen molar-refractivity contribution in [1.82, 2.24) is 19.9 Å². The number of H-pyrrole nitrogens is 1. The number of esters is 1. The molecule has 3 aromatic heterocycles. The van der Waals surface area contributed by atoms with Crippen LogP contribution >= 0.6 is 0 Å². The van der Waals surface area contributed by atoms with Crippen molar-refractivity contribution in [1.29, 1.82) is 0 Å². The van der Waals surface area contributed by atoms with Gasteiger partial charge in [0.1, 0.15) is 14.1 Å². The van der Waals surface area contributed by atoms with E-state index >= 15 is 0 Å². The molecule has 2 unspecified atom stereocenters. The van der Waals surface area contributed by atoms with E-state index < -0.39 is 32.0 Å². The molecule has 51 heavy (non-hydrogen) atoms. The molecular weight excluding hydrogens is 657 g/mol. The third-order valence-corrected chi connectivity index (χ3v) is 9.43. The summed E-state index contributed by atoms with van der Waals surface area (Å²) in [5.74, 6) is 3.14. The predicted molar refractivity (Wildman–Crippen MR) is 202 cm³/mol. The van der Waals surface area contributed by atoms with Crippen LogP contribution in [0, 0.1) is 11.5 Å². The minimum Gasteiger partial charge on any atom is -0.475 e. The number of fused-ring (bicyclic) bond motifs is 3. The molecule has 0 spiro atoms. The fourth-order valence-electron chi connectivity index (χ4n) is 6.32. The number of hydrogen-bond acceptors (Lipinski definition) is 7. The van der Waals surface area contributed by atoms with Gasteiger partial charge in [0.25, 0.3) is 5.91 Å². The fourth-order valence-corrected chi connectivity index (χ4v) is 6.80. The van der Waals surface area contributed by atoms with Crippen molar-refractivity contribution in [3.8, 4) is 45.5 Å². The Morgan fingerprint density at radius 1 is 0.824 bits per heavy atom. The molecule has 4 heterocycles. The molecule has 0 saturated heterocycles. The van der Waals surface area contributed by atoms with E-state index in [1.807, 2.05) is 88.4 Å². The maximum Gasteiger partial charge on any atom is 0.328 e. The van der Waals surface area contributed by atoms with E-state index in [4.69, 9.17) is 14.2 Å². The van der Waals surface area contributed by atoms with Gasteiger partial charge in [-0.1, -0.05) is 50.0 Å². The molecule has 0 radical (unpaired) electrons. The van der Waals surface area contributed by atoms with Gasteiger partial charge in [0.2, 0.25) is 11.8 Å². The maximum atomic E-state index is 14.1. The van der Waals surface area contributed by atoms with Crippen LogP contribution in [0.3, 0.4) is 0 Å². The van der Waals surface area contributed by atoms with Crippen LogP contribution in [0.15, 0.2) is 79.1 Å². The summed E-state index contributed by atoms with van der Waals surface area (Å²) in [5.41, 5.74) is 10.5. The van der Waals surface area contributed by atoms with E-state index in [1.165, 1.54) is 7.11 Å². The van der Waals surface area contributed by atoms with E-state index in [1.54, 1.807) is 17.3 Å². The SMILES string of the molecule is COC(=O)C1Cc2c([nH]c3ccc(-c4ccc(OC(C)C)nc4)cc23)C(c2ccc(-c3ccc(OC(C)C)nc3)cc2)N1C(=O)C#C[Si](C)(C)C. The normalized spacial score (nSPS) is 15.7. The highest BCUT2D eigenvalue weighted by atomic mass is 28.3. The van der Waals surface area contributed by atoms with Crippen LogP contribution < -0.4 is 9.47 Å². The number of pyridine rings is 2. The van der Waals surface area contributed by atoms with Crippen molar-refractivity contribution in [3.63, 3.8) is 0 Å². The summed E-state index contributed by atoms with van der Waals surface area (Å²) in [4.78, 5) is 41.9. The highest BCUT2D eigenvalue weighted by Crippen LogP contribution is 2.42. The topological polar surface area (TPSA) is 107 Å². The summed E-state index contributed by atoms with van der Waals surface area (Å²) in [5, 5.41) is 0.968. The van der Waals surface area contributed by atoms with Gasteiger partial charge in [-0.15, -0.1) is 5.54 Å². The Labute approximate surface area is 300 Å². The maximum absolute atomic E-state index is 14.1. The molecule has 5 aromatic rings. The van der Waals surface area contributed by atoms with E-state index in [2.05, 4.69) is 52.1 Å². The molecule has 1 aliphatic rings. The van der Waals surface area contributed by atoms with Gasteiger partial charge in [-0.2, -0.15) is 0 Å². The lowest BCUT2D eigenvalue weighted by Gasteiger charge is -2.40. The van der Waals surface area contributed by atoms with Gasteiger partial charge in [-0.05, 0) is 80.1 Å². The number of carbonyl (C=O) groups is 2. The number of aromatic amines is 1. The van der Waals surface area contributed by atoms with Crippen LogP contribution in [0.2, 0.25) is 19.6 Å². The molecule has 0 aliphatic carbocycles. The number of aromatic nitrogens is 3. The minimum absolute atomic E-state index is 0.0270. The Hall–Kier alpha value is -5.40. The summed E-state index contributed by atoms with van der Waals surface area (Å²) in [6, 6.07) is 20.4. The minimum atomic E-state index is -1.91.